The van der Waals surface area contributed by atoms with Crippen molar-refractivity contribution in [2.24, 2.45) is 0 Å². The van der Waals surface area contributed by atoms with Crippen molar-refractivity contribution in [1.29, 1.82) is 0 Å². The fourth-order valence-corrected chi connectivity index (χ4v) is 1.53. The summed E-state index contributed by atoms with van der Waals surface area (Å²) in [6.45, 7) is 7.16. The molecule has 96 valence electrons. The summed E-state index contributed by atoms with van der Waals surface area (Å²) < 4.78 is 5.71. The molecule has 1 unspecified atom stereocenters. The minimum atomic E-state index is -0.135. The van der Waals surface area contributed by atoms with E-state index in [1.54, 1.807) is 0 Å². The van der Waals surface area contributed by atoms with Gasteiger partial charge in [0.15, 0.2) is 0 Å². The van der Waals surface area contributed by atoms with Crippen LogP contribution in [0.1, 0.15) is 25.8 Å². The molecule has 0 saturated heterocycles. The third-order valence-corrected chi connectivity index (χ3v) is 2.55. The van der Waals surface area contributed by atoms with Crippen LogP contribution in [0.4, 0.5) is 0 Å². The van der Waals surface area contributed by atoms with E-state index in [1.165, 1.54) is 5.56 Å². The first kappa shape index (κ1) is 14.0. The second kappa shape index (κ2) is 7.30. The summed E-state index contributed by atoms with van der Waals surface area (Å²) in [6, 6.07) is 8.36. The van der Waals surface area contributed by atoms with Crippen LogP contribution in [0, 0.1) is 6.92 Å². The molecule has 3 nitrogen and oxygen atoms in total. The van der Waals surface area contributed by atoms with Gasteiger partial charge in [-0.15, -0.1) is 0 Å². The molecule has 1 aromatic rings. The van der Waals surface area contributed by atoms with Gasteiger partial charge in [-0.25, -0.2) is 0 Å². The van der Waals surface area contributed by atoms with Crippen molar-refractivity contribution in [2.45, 2.75) is 39.3 Å². The van der Waals surface area contributed by atoms with E-state index in [0.717, 1.165) is 18.7 Å². The first-order valence-electron chi connectivity index (χ1n) is 6.19. The van der Waals surface area contributed by atoms with Crippen molar-refractivity contribution in [3.05, 3.63) is 29.8 Å². The molecule has 1 rings (SSSR count). The third-order valence-electron chi connectivity index (χ3n) is 2.55. The summed E-state index contributed by atoms with van der Waals surface area (Å²) >= 11 is 0. The predicted molar refractivity (Wildman–Crippen MR) is 70.4 cm³/mol. The Hall–Kier alpha value is -1.06. The summed E-state index contributed by atoms with van der Waals surface area (Å²) in [6.07, 6.45) is 0.673. The highest BCUT2D eigenvalue weighted by molar-refractivity contribution is 5.26. The molecule has 1 atom stereocenters. The zero-order valence-corrected chi connectivity index (χ0v) is 10.9. The van der Waals surface area contributed by atoms with E-state index < -0.39 is 0 Å². The zero-order chi connectivity index (χ0) is 12.7. The second-order valence-corrected chi connectivity index (χ2v) is 4.63. The van der Waals surface area contributed by atoms with Crippen LogP contribution in [0.3, 0.4) is 0 Å². The number of nitrogens with one attached hydrogen (secondary N) is 1. The molecule has 0 saturated carbocycles. The normalized spacial score (nSPS) is 12.8. The molecule has 0 fully saturated rings. The van der Waals surface area contributed by atoms with Crippen LogP contribution in [0.5, 0.6) is 5.75 Å². The van der Waals surface area contributed by atoms with Crippen LogP contribution >= 0.6 is 0 Å². The highest BCUT2D eigenvalue weighted by atomic mass is 16.5. The average molecular weight is 237 g/mol. The highest BCUT2D eigenvalue weighted by Gasteiger charge is 2.09. The molecule has 2 N–H and O–H groups in total. The number of benzene rings is 1. The summed E-state index contributed by atoms with van der Waals surface area (Å²) in [4.78, 5) is 0. The predicted octanol–water partition coefficient (Wildman–Crippen LogP) is 2.12. The molecule has 0 aromatic heterocycles. The SMILES string of the molecule is Cc1ccc(OC(CO)CCNC(C)C)cc1. The average Bonchev–Trinajstić information content (AvgIpc) is 2.30. The zero-order valence-electron chi connectivity index (χ0n) is 10.9. The van der Waals surface area contributed by atoms with Crippen LogP contribution in [0.15, 0.2) is 24.3 Å². The van der Waals surface area contributed by atoms with E-state index in [4.69, 9.17) is 4.74 Å². The van der Waals surface area contributed by atoms with Crippen molar-refractivity contribution >= 4 is 0 Å². The number of aliphatic hydroxyl groups is 1. The Morgan fingerprint density at radius 2 is 1.88 bits per heavy atom. The van der Waals surface area contributed by atoms with E-state index >= 15 is 0 Å². The Labute approximate surface area is 104 Å². The minimum Gasteiger partial charge on any atom is -0.488 e. The fraction of sp³-hybridized carbons (Fsp3) is 0.571. The van der Waals surface area contributed by atoms with Gasteiger partial charge in [-0.05, 0) is 32.0 Å². The topological polar surface area (TPSA) is 41.5 Å². The monoisotopic (exact) mass is 237 g/mol. The standard InChI is InChI=1S/C14H23NO2/c1-11(2)15-9-8-14(10-16)17-13-6-4-12(3)5-7-13/h4-7,11,14-16H,8-10H2,1-3H3. The number of aryl methyl sites for hydroxylation is 1. The maximum absolute atomic E-state index is 9.25. The Kier molecular flexibility index (Phi) is 6.01. The lowest BCUT2D eigenvalue weighted by molar-refractivity contribution is 0.108. The van der Waals surface area contributed by atoms with Gasteiger partial charge in [0.05, 0.1) is 6.61 Å². The molecule has 0 spiro atoms. The van der Waals surface area contributed by atoms with E-state index in [-0.39, 0.29) is 12.7 Å². The number of hydrogen-bond acceptors (Lipinski definition) is 3. The highest BCUT2D eigenvalue weighted by Crippen LogP contribution is 2.14. The summed E-state index contributed by atoms with van der Waals surface area (Å²) in [5.74, 6) is 0.819. The molecule has 17 heavy (non-hydrogen) atoms. The van der Waals surface area contributed by atoms with E-state index in [1.807, 2.05) is 31.2 Å². The van der Waals surface area contributed by atoms with Crippen molar-refractivity contribution in [3.63, 3.8) is 0 Å². The molecular weight excluding hydrogens is 214 g/mol. The van der Waals surface area contributed by atoms with Gasteiger partial charge < -0.3 is 15.2 Å². The van der Waals surface area contributed by atoms with Crippen molar-refractivity contribution in [2.75, 3.05) is 13.2 Å². The van der Waals surface area contributed by atoms with E-state index in [2.05, 4.69) is 19.2 Å². The maximum Gasteiger partial charge on any atom is 0.123 e. The molecule has 0 aliphatic heterocycles. The summed E-state index contributed by atoms with van der Waals surface area (Å²) in [5, 5.41) is 12.6. The van der Waals surface area contributed by atoms with Gasteiger partial charge >= 0.3 is 0 Å². The van der Waals surface area contributed by atoms with Crippen LogP contribution in [-0.4, -0.2) is 30.4 Å². The molecular formula is C14H23NO2. The van der Waals surface area contributed by atoms with Gasteiger partial charge in [0, 0.05) is 6.04 Å². The quantitative estimate of drug-likeness (QED) is 0.763. The lowest BCUT2D eigenvalue weighted by atomic mass is 10.2. The molecule has 0 bridgehead atoms. The molecule has 0 amide bonds. The summed E-state index contributed by atoms with van der Waals surface area (Å²) in [5.41, 5.74) is 1.21. The number of rotatable bonds is 7. The van der Waals surface area contributed by atoms with E-state index in [0.29, 0.717) is 6.04 Å². The molecule has 0 aliphatic rings. The molecule has 3 heteroatoms. The van der Waals surface area contributed by atoms with Crippen LogP contribution < -0.4 is 10.1 Å². The smallest absolute Gasteiger partial charge is 0.123 e. The Bertz CT molecular complexity index is 309. The Balaban J connectivity index is 2.38. The number of hydrogen-bond donors (Lipinski definition) is 2. The van der Waals surface area contributed by atoms with E-state index in [9.17, 15) is 5.11 Å². The lowest BCUT2D eigenvalue weighted by Gasteiger charge is -2.18. The maximum atomic E-state index is 9.25. The Morgan fingerprint density at radius 3 is 2.41 bits per heavy atom. The lowest BCUT2D eigenvalue weighted by Crippen LogP contribution is -2.30. The van der Waals surface area contributed by atoms with Gasteiger partial charge in [-0.2, -0.15) is 0 Å². The minimum absolute atomic E-state index is 0.0493. The molecule has 1 aromatic carbocycles. The van der Waals surface area contributed by atoms with Gasteiger partial charge in [0.25, 0.3) is 0 Å². The second-order valence-electron chi connectivity index (χ2n) is 4.63. The first-order valence-corrected chi connectivity index (χ1v) is 6.19. The Morgan fingerprint density at radius 1 is 1.24 bits per heavy atom. The fourth-order valence-electron chi connectivity index (χ4n) is 1.53. The molecule has 0 aliphatic carbocycles. The molecule has 0 heterocycles. The number of aliphatic hydroxyl groups excluding tert-OH is 1. The van der Waals surface area contributed by atoms with Gasteiger partial charge in [0.2, 0.25) is 0 Å². The van der Waals surface area contributed by atoms with Crippen molar-refractivity contribution in [1.82, 2.24) is 5.32 Å². The van der Waals surface area contributed by atoms with Crippen LogP contribution in [0.2, 0.25) is 0 Å². The van der Waals surface area contributed by atoms with Gasteiger partial charge in [-0.3, -0.25) is 0 Å². The van der Waals surface area contributed by atoms with Crippen LogP contribution in [0.25, 0.3) is 0 Å². The summed E-state index contributed by atoms with van der Waals surface area (Å²) in [7, 11) is 0. The van der Waals surface area contributed by atoms with Gasteiger partial charge in [0.1, 0.15) is 11.9 Å². The van der Waals surface area contributed by atoms with Crippen molar-refractivity contribution < 1.29 is 9.84 Å². The first-order chi connectivity index (χ1) is 8.11. The third kappa shape index (κ3) is 5.71. The number of ether oxygens (including phenoxy) is 1. The largest absolute Gasteiger partial charge is 0.488 e. The van der Waals surface area contributed by atoms with Crippen molar-refractivity contribution in [3.8, 4) is 5.75 Å². The van der Waals surface area contributed by atoms with Crippen LogP contribution in [-0.2, 0) is 0 Å². The van der Waals surface area contributed by atoms with Gasteiger partial charge in [-0.1, -0.05) is 31.5 Å². The molecule has 0 radical (unpaired) electrons.